The molecule has 0 radical (unpaired) electrons. The molecule has 8 heteroatoms. The molecule has 0 heterocycles. The highest BCUT2D eigenvalue weighted by molar-refractivity contribution is 8.00. The molecule has 1 unspecified atom stereocenters. The van der Waals surface area contributed by atoms with Gasteiger partial charge in [0.05, 0.1) is 5.56 Å². The second-order valence-corrected chi connectivity index (χ2v) is 4.92. The summed E-state index contributed by atoms with van der Waals surface area (Å²) in [6, 6.07) is 4.04. The van der Waals surface area contributed by atoms with Gasteiger partial charge >= 0.3 is 11.5 Å². The third-order valence-corrected chi connectivity index (χ3v) is 3.18. The molecule has 110 valence electrons. The first kappa shape index (κ1) is 16.4. The number of nitrogens with one attached hydrogen (secondary N) is 1. The number of carboxylic acids is 1. The van der Waals surface area contributed by atoms with Gasteiger partial charge in [0.1, 0.15) is 6.04 Å². The van der Waals surface area contributed by atoms with Crippen LogP contribution in [0.1, 0.15) is 23.7 Å². The fourth-order valence-electron chi connectivity index (χ4n) is 1.44. The van der Waals surface area contributed by atoms with Crippen molar-refractivity contribution in [3.05, 3.63) is 29.8 Å². The summed E-state index contributed by atoms with van der Waals surface area (Å²) in [6.45, 7) is 1.55. The Morgan fingerprint density at radius 1 is 1.35 bits per heavy atom. The van der Waals surface area contributed by atoms with Crippen LogP contribution in [0.4, 0.5) is 13.2 Å². The summed E-state index contributed by atoms with van der Waals surface area (Å²) in [7, 11) is 0. The smallest absolute Gasteiger partial charge is 0.446 e. The molecule has 0 aliphatic carbocycles. The maximum absolute atomic E-state index is 12.4. The Balaban J connectivity index is 2.96. The van der Waals surface area contributed by atoms with Gasteiger partial charge in [0, 0.05) is 4.90 Å². The highest BCUT2D eigenvalue weighted by atomic mass is 32.2. The van der Waals surface area contributed by atoms with Gasteiger partial charge in [0.25, 0.3) is 5.91 Å². The average molecular weight is 307 g/mol. The third kappa shape index (κ3) is 4.76. The predicted octanol–water partition coefficient (Wildman–Crippen LogP) is 2.89. The summed E-state index contributed by atoms with van der Waals surface area (Å²) >= 11 is -0.409. The summed E-state index contributed by atoms with van der Waals surface area (Å²) in [5, 5.41) is 11.0. The third-order valence-electron chi connectivity index (χ3n) is 2.37. The van der Waals surface area contributed by atoms with E-state index in [0.717, 1.165) is 6.07 Å². The van der Waals surface area contributed by atoms with Gasteiger partial charge < -0.3 is 10.4 Å². The van der Waals surface area contributed by atoms with E-state index in [-0.39, 0.29) is 16.9 Å². The van der Waals surface area contributed by atoms with Gasteiger partial charge in [-0.05, 0) is 30.3 Å². The number of thioether (sulfide) groups is 1. The summed E-state index contributed by atoms with van der Waals surface area (Å²) in [5.41, 5.74) is -4.72. The van der Waals surface area contributed by atoms with E-state index in [9.17, 15) is 22.8 Å². The van der Waals surface area contributed by atoms with E-state index in [1.807, 2.05) is 0 Å². The number of hydrogen-bond donors (Lipinski definition) is 2. The number of alkyl halides is 3. The fraction of sp³-hybridized carbons (Fsp3) is 0.333. The van der Waals surface area contributed by atoms with E-state index in [4.69, 9.17) is 5.11 Å². The Hall–Kier alpha value is -1.70. The van der Waals surface area contributed by atoms with Crippen LogP contribution in [0, 0.1) is 0 Å². The van der Waals surface area contributed by atoms with Crippen molar-refractivity contribution in [1.29, 1.82) is 0 Å². The standard InChI is InChI=1S/C12H12F3NO3S/c1-2-8(11(18)19)16-10(17)7-5-3-4-6-9(7)20-12(13,14)15/h3-6,8H,2H2,1H3,(H,16,17)(H,18,19). The van der Waals surface area contributed by atoms with Crippen LogP contribution in [0.2, 0.25) is 0 Å². The van der Waals surface area contributed by atoms with Crippen LogP contribution in [0.3, 0.4) is 0 Å². The van der Waals surface area contributed by atoms with Gasteiger partial charge in [0.2, 0.25) is 0 Å². The Kier molecular flexibility index (Phi) is 5.43. The first-order valence-corrected chi connectivity index (χ1v) is 6.44. The molecule has 0 aromatic heterocycles. The van der Waals surface area contributed by atoms with Gasteiger partial charge in [-0.2, -0.15) is 13.2 Å². The number of carbonyl (C=O) groups is 2. The zero-order valence-corrected chi connectivity index (χ0v) is 11.2. The van der Waals surface area contributed by atoms with Crippen LogP contribution in [-0.2, 0) is 4.79 Å². The monoisotopic (exact) mass is 307 g/mol. The first-order valence-electron chi connectivity index (χ1n) is 5.63. The van der Waals surface area contributed by atoms with E-state index in [2.05, 4.69) is 5.32 Å². The van der Waals surface area contributed by atoms with Crippen molar-refractivity contribution in [2.75, 3.05) is 0 Å². The van der Waals surface area contributed by atoms with Crippen LogP contribution in [-0.4, -0.2) is 28.5 Å². The van der Waals surface area contributed by atoms with Gasteiger partial charge in [-0.15, -0.1) is 0 Å². The number of halogens is 3. The molecule has 0 aliphatic rings. The minimum atomic E-state index is -4.52. The van der Waals surface area contributed by atoms with Crippen molar-refractivity contribution in [2.24, 2.45) is 0 Å². The van der Waals surface area contributed by atoms with E-state index in [1.165, 1.54) is 18.2 Å². The minimum Gasteiger partial charge on any atom is -0.480 e. The highest BCUT2D eigenvalue weighted by Gasteiger charge is 2.31. The van der Waals surface area contributed by atoms with Crippen LogP contribution in [0.5, 0.6) is 0 Å². The van der Waals surface area contributed by atoms with Gasteiger partial charge in [-0.1, -0.05) is 19.1 Å². The molecule has 1 aromatic rings. The highest BCUT2D eigenvalue weighted by Crippen LogP contribution is 2.38. The summed E-state index contributed by atoms with van der Waals surface area (Å²) in [5.74, 6) is -2.08. The topological polar surface area (TPSA) is 66.4 Å². The molecule has 1 amide bonds. The predicted molar refractivity (Wildman–Crippen MR) is 67.5 cm³/mol. The molecule has 20 heavy (non-hydrogen) atoms. The lowest BCUT2D eigenvalue weighted by Gasteiger charge is -2.14. The zero-order valence-electron chi connectivity index (χ0n) is 10.4. The maximum atomic E-state index is 12.4. The first-order chi connectivity index (χ1) is 9.24. The maximum Gasteiger partial charge on any atom is 0.446 e. The van der Waals surface area contributed by atoms with E-state index in [1.54, 1.807) is 6.92 Å². The second-order valence-electron chi connectivity index (χ2n) is 3.82. The normalized spacial score (nSPS) is 12.8. The zero-order chi connectivity index (χ0) is 15.3. The lowest BCUT2D eigenvalue weighted by Crippen LogP contribution is -2.40. The van der Waals surface area contributed by atoms with Crippen molar-refractivity contribution >= 4 is 23.6 Å². The Labute approximate surface area is 117 Å². The number of aliphatic carboxylic acids is 1. The molecule has 0 saturated carbocycles. The van der Waals surface area contributed by atoms with Crippen molar-refractivity contribution < 1.29 is 27.9 Å². The largest absolute Gasteiger partial charge is 0.480 e. The Morgan fingerprint density at radius 3 is 2.45 bits per heavy atom. The summed E-state index contributed by atoms with van der Waals surface area (Å²) < 4.78 is 37.1. The lowest BCUT2D eigenvalue weighted by atomic mass is 10.1. The molecule has 2 N–H and O–H groups in total. The summed E-state index contributed by atoms with van der Waals surface area (Å²) in [4.78, 5) is 22.4. The molecule has 1 aromatic carbocycles. The molecule has 4 nitrogen and oxygen atoms in total. The van der Waals surface area contributed by atoms with Crippen molar-refractivity contribution in [3.63, 3.8) is 0 Å². The van der Waals surface area contributed by atoms with Crippen molar-refractivity contribution in [3.8, 4) is 0 Å². The molecule has 0 saturated heterocycles. The molecule has 0 aliphatic heterocycles. The van der Waals surface area contributed by atoms with E-state index in [0.29, 0.717) is 0 Å². The number of carboxylic acid groups (broad SMARTS) is 1. The SMILES string of the molecule is CCC(NC(=O)c1ccccc1SC(F)(F)F)C(=O)O. The Morgan fingerprint density at radius 2 is 1.95 bits per heavy atom. The van der Waals surface area contributed by atoms with E-state index >= 15 is 0 Å². The lowest BCUT2D eigenvalue weighted by molar-refractivity contribution is -0.139. The molecule has 0 spiro atoms. The molecule has 1 rings (SSSR count). The van der Waals surface area contributed by atoms with Gasteiger partial charge in [-0.25, -0.2) is 4.79 Å². The quantitative estimate of drug-likeness (QED) is 0.821. The Bertz CT molecular complexity index is 505. The number of amides is 1. The van der Waals surface area contributed by atoms with Gasteiger partial charge in [0.15, 0.2) is 0 Å². The van der Waals surface area contributed by atoms with Crippen molar-refractivity contribution in [2.45, 2.75) is 29.8 Å². The number of hydrogen-bond acceptors (Lipinski definition) is 3. The van der Waals surface area contributed by atoms with Crippen LogP contribution < -0.4 is 5.32 Å². The number of carbonyl (C=O) groups excluding carboxylic acids is 1. The fourth-order valence-corrected chi connectivity index (χ4v) is 2.11. The molecular weight excluding hydrogens is 295 g/mol. The van der Waals surface area contributed by atoms with E-state index < -0.39 is 35.2 Å². The summed E-state index contributed by atoms with van der Waals surface area (Å²) in [6.07, 6.45) is 0.135. The van der Waals surface area contributed by atoms with Crippen LogP contribution >= 0.6 is 11.8 Å². The van der Waals surface area contributed by atoms with Gasteiger partial charge in [-0.3, -0.25) is 4.79 Å². The number of rotatable bonds is 5. The van der Waals surface area contributed by atoms with Crippen LogP contribution in [0.15, 0.2) is 29.2 Å². The molecule has 1 atom stereocenters. The van der Waals surface area contributed by atoms with Crippen LogP contribution in [0.25, 0.3) is 0 Å². The molecule has 0 fully saturated rings. The molecular formula is C12H12F3NO3S. The molecule has 0 bridgehead atoms. The van der Waals surface area contributed by atoms with Crippen molar-refractivity contribution in [1.82, 2.24) is 5.32 Å². The second kappa shape index (κ2) is 6.65. The average Bonchev–Trinajstić information content (AvgIpc) is 2.34. The number of benzene rings is 1. The minimum absolute atomic E-state index is 0.135.